The molecule has 1 aliphatic heterocycles. The van der Waals surface area contributed by atoms with Crippen LogP contribution in [0.15, 0.2) is 41.3 Å². The summed E-state index contributed by atoms with van der Waals surface area (Å²) in [6.45, 7) is 1.30. The monoisotopic (exact) mass is 335 g/mol. The van der Waals surface area contributed by atoms with Gasteiger partial charge in [-0.05, 0) is 30.4 Å². The van der Waals surface area contributed by atoms with Crippen LogP contribution in [-0.4, -0.2) is 40.9 Å². The van der Waals surface area contributed by atoms with Crippen LogP contribution in [0.4, 0.5) is 0 Å². The second kappa shape index (κ2) is 6.90. The molecule has 2 aromatic rings. The first-order valence-electron chi connectivity index (χ1n) is 7.41. The Labute approximate surface area is 139 Å². The minimum atomic E-state index is -0.256. The Bertz CT molecular complexity index is 678. The molecule has 0 aromatic heterocycles. The summed E-state index contributed by atoms with van der Waals surface area (Å²) in [5, 5.41) is 12.3. The van der Waals surface area contributed by atoms with E-state index in [0.717, 1.165) is 15.7 Å². The zero-order valence-corrected chi connectivity index (χ0v) is 13.7. The zero-order valence-electron chi connectivity index (χ0n) is 12.2. The van der Waals surface area contributed by atoms with E-state index in [0.29, 0.717) is 36.7 Å². The molecule has 0 spiro atoms. The molecule has 22 heavy (non-hydrogen) atoms. The first kappa shape index (κ1) is 15.7. The van der Waals surface area contributed by atoms with Crippen molar-refractivity contribution in [1.29, 1.82) is 0 Å². The molecule has 3 nitrogen and oxygen atoms in total. The quantitative estimate of drug-likeness (QED) is 0.872. The first-order valence-corrected chi connectivity index (χ1v) is 8.77. The second-order valence-electron chi connectivity index (χ2n) is 5.49. The van der Waals surface area contributed by atoms with Crippen LogP contribution in [0.1, 0.15) is 12.8 Å². The van der Waals surface area contributed by atoms with Crippen LogP contribution in [0.3, 0.4) is 0 Å². The van der Waals surface area contributed by atoms with Gasteiger partial charge < -0.3 is 10.0 Å². The average Bonchev–Trinajstić information content (AvgIpc) is 2.53. The zero-order chi connectivity index (χ0) is 15.5. The molecule has 0 atom stereocenters. The van der Waals surface area contributed by atoms with Crippen LogP contribution in [0.25, 0.3) is 10.8 Å². The maximum absolute atomic E-state index is 12.3. The molecule has 1 saturated heterocycles. The highest BCUT2D eigenvalue weighted by Gasteiger charge is 2.21. The number of thioether (sulfide) groups is 1. The Kier molecular flexibility index (Phi) is 4.91. The summed E-state index contributed by atoms with van der Waals surface area (Å²) in [4.78, 5) is 15.2. The number of aliphatic hydroxyl groups is 1. The Morgan fingerprint density at radius 1 is 1.23 bits per heavy atom. The van der Waals surface area contributed by atoms with Gasteiger partial charge in [0.25, 0.3) is 0 Å². The van der Waals surface area contributed by atoms with E-state index in [-0.39, 0.29) is 12.0 Å². The van der Waals surface area contributed by atoms with Gasteiger partial charge in [-0.2, -0.15) is 0 Å². The van der Waals surface area contributed by atoms with Gasteiger partial charge >= 0.3 is 0 Å². The van der Waals surface area contributed by atoms with Crippen molar-refractivity contribution in [2.45, 2.75) is 23.8 Å². The smallest absolute Gasteiger partial charge is 0.232 e. The summed E-state index contributed by atoms with van der Waals surface area (Å²) in [6.07, 6.45) is 1.10. The van der Waals surface area contributed by atoms with Gasteiger partial charge in [0, 0.05) is 28.4 Å². The summed E-state index contributed by atoms with van der Waals surface area (Å²) in [7, 11) is 0. The first-order chi connectivity index (χ1) is 10.6. The van der Waals surface area contributed by atoms with E-state index < -0.39 is 0 Å². The van der Waals surface area contributed by atoms with Gasteiger partial charge in [-0.15, -0.1) is 11.8 Å². The van der Waals surface area contributed by atoms with Crippen molar-refractivity contribution < 1.29 is 9.90 Å². The maximum atomic E-state index is 12.3. The fourth-order valence-corrected chi connectivity index (χ4v) is 4.08. The third-order valence-electron chi connectivity index (χ3n) is 3.98. The lowest BCUT2D eigenvalue weighted by Crippen LogP contribution is -2.40. The molecule has 2 aromatic carbocycles. The second-order valence-corrected chi connectivity index (χ2v) is 6.92. The molecule has 3 rings (SSSR count). The van der Waals surface area contributed by atoms with E-state index in [1.807, 2.05) is 41.3 Å². The number of carbonyl (C=O) groups excluding carboxylic acids is 1. The fraction of sp³-hybridized carbons (Fsp3) is 0.353. The molecule has 1 aliphatic rings. The number of carbonyl (C=O) groups is 1. The number of rotatable bonds is 3. The molecular formula is C17H18ClNO2S. The molecule has 0 bridgehead atoms. The predicted molar refractivity (Wildman–Crippen MR) is 91.5 cm³/mol. The summed E-state index contributed by atoms with van der Waals surface area (Å²) in [6, 6.07) is 11.9. The highest BCUT2D eigenvalue weighted by molar-refractivity contribution is 8.00. The van der Waals surface area contributed by atoms with Gasteiger partial charge in [-0.25, -0.2) is 0 Å². The molecule has 0 aliphatic carbocycles. The van der Waals surface area contributed by atoms with Crippen molar-refractivity contribution in [3.8, 4) is 0 Å². The van der Waals surface area contributed by atoms with E-state index in [1.165, 1.54) is 11.8 Å². The molecular weight excluding hydrogens is 318 g/mol. The summed E-state index contributed by atoms with van der Waals surface area (Å²) in [5.74, 6) is 0.529. The normalized spacial score (nSPS) is 16.2. The van der Waals surface area contributed by atoms with Crippen LogP contribution in [0, 0.1) is 0 Å². The maximum Gasteiger partial charge on any atom is 0.232 e. The molecule has 5 heteroatoms. The van der Waals surface area contributed by atoms with E-state index >= 15 is 0 Å². The summed E-state index contributed by atoms with van der Waals surface area (Å²) >= 11 is 7.83. The van der Waals surface area contributed by atoms with Gasteiger partial charge in [0.2, 0.25) is 5.91 Å². The molecule has 1 N–H and O–H groups in total. The van der Waals surface area contributed by atoms with Gasteiger partial charge in [-0.3, -0.25) is 4.79 Å². The van der Waals surface area contributed by atoms with Gasteiger partial charge in [-0.1, -0.05) is 35.9 Å². The Hall–Kier alpha value is -1.23. The Morgan fingerprint density at radius 3 is 2.64 bits per heavy atom. The summed E-state index contributed by atoms with van der Waals surface area (Å²) < 4.78 is 0. The van der Waals surface area contributed by atoms with E-state index in [2.05, 4.69) is 0 Å². The minimum absolute atomic E-state index is 0.126. The van der Waals surface area contributed by atoms with E-state index in [9.17, 15) is 9.90 Å². The van der Waals surface area contributed by atoms with Gasteiger partial charge in [0.15, 0.2) is 0 Å². The number of nitrogens with zero attached hydrogens (tertiary/aromatic N) is 1. The van der Waals surface area contributed by atoms with Crippen molar-refractivity contribution in [3.05, 3.63) is 41.4 Å². The number of hydrogen-bond acceptors (Lipinski definition) is 3. The lowest BCUT2D eigenvalue weighted by molar-refractivity contribution is -0.130. The minimum Gasteiger partial charge on any atom is -0.393 e. The molecule has 0 radical (unpaired) electrons. The number of likely N-dealkylation sites (tertiary alicyclic amines) is 1. The SMILES string of the molecule is O=C(CSc1cccc2cccc(Cl)c12)N1CCC(O)CC1. The third kappa shape index (κ3) is 3.40. The number of benzene rings is 2. The number of aliphatic hydroxyl groups excluding tert-OH is 1. The molecule has 0 saturated carbocycles. The van der Waals surface area contributed by atoms with E-state index in [1.54, 1.807) is 0 Å². The summed E-state index contributed by atoms with van der Waals surface area (Å²) in [5.41, 5.74) is 0. The van der Waals surface area contributed by atoms with Crippen molar-refractivity contribution >= 4 is 40.0 Å². The number of fused-ring (bicyclic) bond motifs is 1. The Morgan fingerprint density at radius 2 is 1.91 bits per heavy atom. The topological polar surface area (TPSA) is 40.5 Å². The molecule has 116 valence electrons. The standard InChI is InChI=1S/C17H18ClNO2S/c18-14-5-1-3-12-4-2-6-15(17(12)14)22-11-16(21)19-9-7-13(20)8-10-19/h1-6,13,20H,7-11H2. The van der Waals surface area contributed by atoms with E-state index in [4.69, 9.17) is 11.6 Å². The highest BCUT2D eigenvalue weighted by Crippen LogP contribution is 2.33. The highest BCUT2D eigenvalue weighted by atomic mass is 35.5. The number of halogens is 1. The third-order valence-corrected chi connectivity index (χ3v) is 5.34. The van der Waals surface area contributed by atoms with Crippen LogP contribution in [-0.2, 0) is 4.79 Å². The molecule has 1 fully saturated rings. The van der Waals surface area contributed by atoms with Crippen molar-refractivity contribution in [3.63, 3.8) is 0 Å². The molecule has 1 amide bonds. The Balaban J connectivity index is 1.70. The van der Waals surface area contributed by atoms with Gasteiger partial charge in [0.05, 0.1) is 11.9 Å². The lowest BCUT2D eigenvalue weighted by atomic mass is 10.1. The fourth-order valence-electron chi connectivity index (χ4n) is 2.73. The number of amides is 1. The molecule has 1 heterocycles. The number of piperidine rings is 1. The largest absolute Gasteiger partial charge is 0.393 e. The van der Waals surface area contributed by atoms with Crippen molar-refractivity contribution in [1.82, 2.24) is 4.90 Å². The average molecular weight is 336 g/mol. The number of hydrogen-bond donors (Lipinski definition) is 1. The van der Waals surface area contributed by atoms with Crippen LogP contribution in [0.2, 0.25) is 5.02 Å². The lowest BCUT2D eigenvalue weighted by Gasteiger charge is -2.29. The van der Waals surface area contributed by atoms with Gasteiger partial charge in [0.1, 0.15) is 0 Å². The van der Waals surface area contributed by atoms with Crippen molar-refractivity contribution in [2.75, 3.05) is 18.8 Å². The van der Waals surface area contributed by atoms with Crippen LogP contribution < -0.4 is 0 Å². The van der Waals surface area contributed by atoms with Crippen molar-refractivity contribution in [2.24, 2.45) is 0 Å². The predicted octanol–water partition coefficient (Wildman–Crippen LogP) is 3.57. The van der Waals surface area contributed by atoms with Crippen LogP contribution >= 0.6 is 23.4 Å². The molecule has 0 unspecified atom stereocenters. The van der Waals surface area contributed by atoms with Crippen LogP contribution in [0.5, 0.6) is 0 Å².